The highest BCUT2D eigenvalue weighted by atomic mass is 16.4. The van der Waals surface area contributed by atoms with Crippen LogP contribution in [0.4, 0.5) is 4.79 Å². The average molecular weight is 166 g/mol. The summed E-state index contributed by atoms with van der Waals surface area (Å²) in [5.41, 5.74) is 5.24. The smallest absolute Gasteiger partial charge is 0.433 e. The summed E-state index contributed by atoms with van der Waals surface area (Å²) >= 11 is 0. The van der Waals surface area contributed by atoms with Crippen molar-refractivity contribution in [3.8, 4) is 0 Å². The number of nitrogens with zero attached hydrogens (tertiary/aromatic N) is 3. The molecule has 0 radical (unpaired) electrons. The van der Waals surface area contributed by atoms with E-state index in [-0.39, 0.29) is 11.7 Å². The molecule has 1 amide bonds. The number of amidine groups is 1. The molecule has 62 valence electrons. The number of carbonyl (C=O) groups is 1. The van der Waals surface area contributed by atoms with Gasteiger partial charge in [0.15, 0.2) is 11.7 Å². The minimum absolute atomic E-state index is 0.111. The highest BCUT2D eigenvalue weighted by Crippen LogP contribution is 1.87. The number of carboxylic acid groups (broad SMARTS) is 1. The molecule has 0 aliphatic heterocycles. The second-order valence-electron chi connectivity index (χ2n) is 1.85. The van der Waals surface area contributed by atoms with Crippen molar-refractivity contribution in [2.24, 2.45) is 10.7 Å². The van der Waals surface area contributed by atoms with Crippen molar-refractivity contribution in [3.05, 3.63) is 24.3 Å². The summed E-state index contributed by atoms with van der Waals surface area (Å²) in [5, 5.41) is 8.22. The lowest BCUT2D eigenvalue weighted by Gasteiger charge is -1.94. The Morgan fingerprint density at radius 1 is 1.50 bits per heavy atom. The molecule has 1 rings (SSSR count). The van der Waals surface area contributed by atoms with Gasteiger partial charge in [-0.05, 0) is 6.07 Å². The fourth-order valence-electron chi connectivity index (χ4n) is 0.584. The van der Waals surface area contributed by atoms with Gasteiger partial charge >= 0.3 is 6.09 Å². The van der Waals surface area contributed by atoms with Crippen molar-refractivity contribution >= 4 is 11.9 Å². The molecular weight excluding hydrogens is 160 g/mol. The van der Waals surface area contributed by atoms with Crippen LogP contribution >= 0.6 is 0 Å². The van der Waals surface area contributed by atoms with E-state index in [1.54, 1.807) is 6.07 Å². The second-order valence-corrected chi connectivity index (χ2v) is 1.85. The van der Waals surface area contributed by atoms with Crippen molar-refractivity contribution < 1.29 is 9.90 Å². The zero-order chi connectivity index (χ0) is 8.97. The lowest BCUT2D eigenvalue weighted by Crippen LogP contribution is -2.18. The maximum atomic E-state index is 10.1. The molecule has 0 aromatic carbocycles. The zero-order valence-corrected chi connectivity index (χ0v) is 6.01. The van der Waals surface area contributed by atoms with E-state index in [4.69, 9.17) is 10.8 Å². The van der Waals surface area contributed by atoms with Crippen LogP contribution in [0, 0.1) is 0 Å². The van der Waals surface area contributed by atoms with Crippen LogP contribution in [0.25, 0.3) is 0 Å². The number of aliphatic imine (C=N–C) groups is 1. The Bertz CT molecular complexity index is 309. The largest absolute Gasteiger partial charge is 0.463 e. The highest BCUT2D eigenvalue weighted by Gasteiger charge is 2.01. The molecule has 6 heteroatoms. The lowest BCUT2D eigenvalue weighted by atomic mass is 10.5. The Morgan fingerprint density at radius 2 is 2.08 bits per heavy atom. The summed E-state index contributed by atoms with van der Waals surface area (Å²) in [4.78, 5) is 20.5. The van der Waals surface area contributed by atoms with Crippen molar-refractivity contribution in [3.63, 3.8) is 0 Å². The first kappa shape index (κ1) is 8.12. The van der Waals surface area contributed by atoms with Gasteiger partial charge in [-0.15, -0.1) is 0 Å². The van der Waals surface area contributed by atoms with Gasteiger partial charge in [0.1, 0.15) is 0 Å². The molecule has 0 atom stereocenters. The Balaban J connectivity index is 2.93. The monoisotopic (exact) mass is 166 g/mol. The third-order valence-corrected chi connectivity index (χ3v) is 1.01. The minimum Gasteiger partial charge on any atom is -0.463 e. The molecule has 1 aromatic heterocycles. The molecule has 12 heavy (non-hydrogen) atoms. The predicted octanol–water partition coefficient (Wildman–Crippen LogP) is -0.140. The number of aromatic nitrogens is 2. The van der Waals surface area contributed by atoms with Crippen LogP contribution in [0.15, 0.2) is 23.5 Å². The summed E-state index contributed by atoms with van der Waals surface area (Å²) in [7, 11) is 0. The molecule has 0 aliphatic carbocycles. The molecule has 0 aliphatic rings. The van der Waals surface area contributed by atoms with Crippen LogP contribution in [0.2, 0.25) is 0 Å². The Hall–Kier alpha value is -1.98. The van der Waals surface area contributed by atoms with E-state index >= 15 is 0 Å². The second kappa shape index (κ2) is 3.42. The van der Waals surface area contributed by atoms with Gasteiger partial charge in [-0.25, -0.2) is 14.8 Å². The summed E-state index contributed by atoms with van der Waals surface area (Å²) < 4.78 is 0. The van der Waals surface area contributed by atoms with Crippen LogP contribution in [-0.2, 0) is 0 Å². The van der Waals surface area contributed by atoms with Gasteiger partial charge in [0.25, 0.3) is 0 Å². The maximum Gasteiger partial charge on any atom is 0.433 e. The summed E-state index contributed by atoms with van der Waals surface area (Å²) in [6.45, 7) is 0. The van der Waals surface area contributed by atoms with Gasteiger partial charge < -0.3 is 10.8 Å². The normalized spacial score (nSPS) is 11.2. The van der Waals surface area contributed by atoms with Gasteiger partial charge in [-0.1, -0.05) is 0 Å². The van der Waals surface area contributed by atoms with Crippen LogP contribution in [-0.4, -0.2) is 27.0 Å². The van der Waals surface area contributed by atoms with E-state index in [1.807, 2.05) is 0 Å². The molecule has 0 saturated heterocycles. The molecule has 0 unspecified atom stereocenters. The maximum absolute atomic E-state index is 10.1. The molecular formula is C6H6N4O2. The van der Waals surface area contributed by atoms with Crippen molar-refractivity contribution in [2.45, 2.75) is 0 Å². The highest BCUT2D eigenvalue weighted by molar-refractivity contribution is 5.99. The Morgan fingerprint density at radius 3 is 2.58 bits per heavy atom. The number of rotatable bonds is 1. The van der Waals surface area contributed by atoms with Crippen LogP contribution in [0.3, 0.4) is 0 Å². The van der Waals surface area contributed by atoms with E-state index in [1.165, 1.54) is 12.4 Å². The zero-order valence-electron chi connectivity index (χ0n) is 6.01. The quantitative estimate of drug-likeness (QED) is 0.446. The number of amides is 1. The molecule has 1 aromatic rings. The Kier molecular flexibility index (Phi) is 2.32. The van der Waals surface area contributed by atoms with Gasteiger partial charge in [0, 0.05) is 12.4 Å². The van der Waals surface area contributed by atoms with E-state index in [0.717, 1.165) is 0 Å². The first-order valence-electron chi connectivity index (χ1n) is 3.04. The first-order valence-corrected chi connectivity index (χ1v) is 3.04. The van der Waals surface area contributed by atoms with Gasteiger partial charge in [0.05, 0.1) is 0 Å². The third-order valence-electron chi connectivity index (χ3n) is 1.01. The van der Waals surface area contributed by atoms with Gasteiger partial charge in [0.2, 0.25) is 0 Å². The van der Waals surface area contributed by atoms with Gasteiger partial charge in [-0.2, -0.15) is 4.99 Å². The molecule has 0 fully saturated rings. The third kappa shape index (κ3) is 2.01. The fraction of sp³-hybridized carbons (Fsp3) is 0. The van der Waals surface area contributed by atoms with Crippen molar-refractivity contribution in [1.29, 1.82) is 0 Å². The number of hydrogen-bond donors (Lipinski definition) is 2. The predicted molar refractivity (Wildman–Crippen MR) is 40.8 cm³/mol. The summed E-state index contributed by atoms with van der Waals surface area (Å²) in [5.74, 6) is -0.0944. The van der Waals surface area contributed by atoms with Crippen molar-refractivity contribution in [2.75, 3.05) is 0 Å². The van der Waals surface area contributed by atoms with Gasteiger partial charge in [-0.3, -0.25) is 0 Å². The summed E-state index contributed by atoms with van der Waals surface area (Å²) in [6.07, 6.45) is 1.54. The molecule has 0 spiro atoms. The summed E-state index contributed by atoms with van der Waals surface area (Å²) in [6, 6.07) is 1.59. The number of hydrogen-bond acceptors (Lipinski definition) is 3. The SMILES string of the molecule is NC(=NC(=O)O)c1ncccn1. The molecule has 6 nitrogen and oxygen atoms in total. The first-order chi connectivity index (χ1) is 5.70. The van der Waals surface area contributed by atoms with Crippen LogP contribution in [0.5, 0.6) is 0 Å². The standard InChI is InChI=1S/C6H6N4O2/c7-4(10-6(11)12)5-8-2-1-3-9-5/h1-3H,(H2,7,10)(H,11,12). The Labute approximate surface area is 67.8 Å². The van der Waals surface area contributed by atoms with E-state index in [0.29, 0.717) is 0 Å². The van der Waals surface area contributed by atoms with Crippen LogP contribution in [0.1, 0.15) is 5.82 Å². The van der Waals surface area contributed by atoms with E-state index in [9.17, 15) is 4.79 Å². The average Bonchev–Trinajstić information content (AvgIpc) is 2.05. The van der Waals surface area contributed by atoms with E-state index in [2.05, 4.69) is 15.0 Å². The molecule has 0 saturated carbocycles. The van der Waals surface area contributed by atoms with Crippen LogP contribution < -0.4 is 5.73 Å². The molecule has 3 N–H and O–H groups in total. The fourth-order valence-corrected chi connectivity index (χ4v) is 0.584. The molecule has 1 heterocycles. The minimum atomic E-state index is -1.36. The molecule has 0 bridgehead atoms. The number of nitrogens with two attached hydrogens (primary N) is 1. The van der Waals surface area contributed by atoms with E-state index < -0.39 is 6.09 Å². The lowest BCUT2D eigenvalue weighted by molar-refractivity contribution is 0.205. The topological polar surface area (TPSA) is 101 Å². The van der Waals surface area contributed by atoms with Crippen molar-refractivity contribution in [1.82, 2.24) is 9.97 Å².